The average molecular weight is 208 g/mol. The van der Waals surface area contributed by atoms with Gasteiger partial charge >= 0.3 is 0 Å². The van der Waals surface area contributed by atoms with Gasteiger partial charge in [-0.3, -0.25) is 5.41 Å². The molecule has 0 bridgehead atoms. The summed E-state index contributed by atoms with van der Waals surface area (Å²) in [5, 5.41) is 15.7. The molecule has 0 atom stereocenters. The normalized spacial score (nSPS) is 9.80. The Morgan fingerprint density at radius 1 is 1.33 bits per heavy atom. The fourth-order valence-electron chi connectivity index (χ4n) is 1.26. The Kier molecular flexibility index (Phi) is 4.03. The van der Waals surface area contributed by atoms with Crippen molar-refractivity contribution in [2.75, 3.05) is 20.2 Å². The van der Waals surface area contributed by atoms with Crippen molar-refractivity contribution in [1.29, 1.82) is 5.41 Å². The van der Waals surface area contributed by atoms with Crippen LogP contribution in [0.15, 0.2) is 12.1 Å². The van der Waals surface area contributed by atoms with Gasteiger partial charge in [-0.05, 0) is 19.9 Å². The molecule has 0 radical (unpaired) electrons. The largest absolute Gasteiger partial charge is 0.480 e. The molecular formula is C10H16N4O. The second-order valence-corrected chi connectivity index (χ2v) is 2.98. The summed E-state index contributed by atoms with van der Waals surface area (Å²) in [5.74, 6) is 0.862. The predicted molar refractivity (Wildman–Crippen MR) is 58.3 cm³/mol. The van der Waals surface area contributed by atoms with Crippen LogP contribution in [0.3, 0.4) is 0 Å². The molecule has 1 heterocycles. The van der Waals surface area contributed by atoms with Crippen LogP contribution in [0.4, 0.5) is 0 Å². The minimum atomic E-state index is 0.398. The quantitative estimate of drug-likeness (QED) is 0.595. The molecule has 82 valence electrons. The van der Waals surface area contributed by atoms with Crippen LogP contribution in [0, 0.1) is 5.41 Å². The van der Waals surface area contributed by atoms with E-state index < -0.39 is 0 Å². The summed E-state index contributed by atoms with van der Waals surface area (Å²) in [6.45, 7) is 5.61. The van der Waals surface area contributed by atoms with Crippen LogP contribution >= 0.6 is 0 Å². The molecule has 0 spiro atoms. The summed E-state index contributed by atoms with van der Waals surface area (Å²) in [6.07, 6.45) is 0. The van der Waals surface area contributed by atoms with Gasteiger partial charge < -0.3 is 9.64 Å². The minimum Gasteiger partial charge on any atom is -0.480 e. The Morgan fingerprint density at radius 2 is 2.00 bits per heavy atom. The molecule has 0 saturated carbocycles. The number of methoxy groups -OCH3 is 1. The maximum absolute atomic E-state index is 7.90. The Morgan fingerprint density at radius 3 is 2.40 bits per heavy atom. The second kappa shape index (κ2) is 5.29. The van der Waals surface area contributed by atoms with Gasteiger partial charge in [-0.1, -0.05) is 0 Å². The Bertz CT molecular complexity index is 319. The molecule has 0 aliphatic rings. The summed E-state index contributed by atoms with van der Waals surface area (Å²) < 4.78 is 4.90. The smallest absolute Gasteiger partial charge is 0.233 e. The zero-order chi connectivity index (χ0) is 11.3. The zero-order valence-corrected chi connectivity index (χ0v) is 9.32. The van der Waals surface area contributed by atoms with E-state index in [1.54, 1.807) is 19.2 Å². The van der Waals surface area contributed by atoms with Gasteiger partial charge in [0.2, 0.25) is 5.88 Å². The van der Waals surface area contributed by atoms with Crippen LogP contribution in [-0.2, 0) is 0 Å². The van der Waals surface area contributed by atoms with Crippen LogP contribution in [0.1, 0.15) is 19.5 Å². The van der Waals surface area contributed by atoms with Crippen molar-refractivity contribution in [3.8, 4) is 5.88 Å². The van der Waals surface area contributed by atoms with Crippen molar-refractivity contribution < 1.29 is 4.74 Å². The third-order valence-electron chi connectivity index (χ3n) is 2.17. The van der Waals surface area contributed by atoms with Crippen molar-refractivity contribution in [1.82, 2.24) is 15.1 Å². The highest BCUT2D eigenvalue weighted by atomic mass is 16.5. The molecule has 0 fully saturated rings. The monoisotopic (exact) mass is 208 g/mol. The number of hydrogen-bond donors (Lipinski definition) is 1. The summed E-state index contributed by atoms with van der Waals surface area (Å²) in [4.78, 5) is 1.91. The number of aromatic nitrogens is 2. The molecule has 0 saturated heterocycles. The van der Waals surface area contributed by atoms with E-state index in [0.717, 1.165) is 13.1 Å². The van der Waals surface area contributed by atoms with Crippen molar-refractivity contribution in [3.63, 3.8) is 0 Å². The first-order valence-corrected chi connectivity index (χ1v) is 4.94. The molecule has 1 aromatic rings. The molecule has 0 aromatic carbocycles. The van der Waals surface area contributed by atoms with E-state index in [9.17, 15) is 0 Å². The predicted octanol–water partition coefficient (Wildman–Crippen LogP) is 1.15. The Hall–Kier alpha value is -1.65. The van der Waals surface area contributed by atoms with Gasteiger partial charge in [0.15, 0.2) is 0 Å². The maximum Gasteiger partial charge on any atom is 0.233 e. The molecule has 5 heteroatoms. The van der Waals surface area contributed by atoms with Crippen LogP contribution in [0.25, 0.3) is 0 Å². The van der Waals surface area contributed by atoms with Gasteiger partial charge in [0.1, 0.15) is 11.5 Å². The second-order valence-electron chi connectivity index (χ2n) is 2.98. The molecule has 5 nitrogen and oxygen atoms in total. The van der Waals surface area contributed by atoms with Crippen LogP contribution < -0.4 is 4.74 Å². The highest BCUT2D eigenvalue weighted by Gasteiger charge is 2.09. The number of ether oxygens (including phenoxy) is 1. The number of amidine groups is 1. The van der Waals surface area contributed by atoms with Crippen molar-refractivity contribution in [3.05, 3.63) is 17.8 Å². The molecule has 0 aliphatic carbocycles. The standard InChI is InChI=1S/C10H16N4O/c1-4-14(5-2)10(11)8-6-7-9(15-3)13-12-8/h6-7,11H,4-5H2,1-3H3. The van der Waals surface area contributed by atoms with E-state index in [2.05, 4.69) is 10.2 Å². The van der Waals surface area contributed by atoms with E-state index >= 15 is 0 Å². The summed E-state index contributed by atoms with van der Waals surface area (Å²) in [7, 11) is 1.54. The number of nitrogens with zero attached hydrogens (tertiary/aromatic N) is 3. The van der Waals surface area contributed by atoms with Crippen LogP contribution in [0.2, 0.25) is 0 Å². The van der Waals surface area contributed by atoms with Gasteiger partial charge in [-0.25, -0.2) is 0 Å². The third-order valence-corrected chi connectivity index (χ3v) is 2.17. The first kappa shape index (κ1) is 11.4. The topological polar surface area (TPSA) is 62.1 Å². The summed E-state index contributed by atoms with van der Waals surface area (Å²) in [6, 6.07) is 3.45. The zero-order valence-electron chi connectivity index (χ0n) is 9.32. The SMILES string of the molecule is CCN(CC)C(=N)c1ccc(OC)nn1. The van der Waals surface area contributed by atoms with E-state index in [0.29, 0.717) is 17.4 Å². The lowest BCUT2D eigenvalue weighted by Crippen LogP contribution is -2.31. The van der Waals surface area contributed by atoms with Gasteiger partial charge in [0.25, 0.3) is 0 Å². The average Bonchev–Trinajstić information content (AvgIpc) is 2.30. The van der Waals surface area contributed by atoms with Crippen LogP contribution in [0.5, 0.6) is 5.88 Å². The third kappa shape index (κ3) is 2.65. The lowest BCUT2D eigenvalue weighted by atomic mass is 10.3. The molecule has 1 aromatic heterocycles. The summed E-state index contributed by atoms with van der Waals surface area (Å²) >= 11 is 0. The molecule has 1 N–H and O–H groups in total. The molecule has 0 amide bonds. The van der Waals surface area contributed by atoms with Crippen molar-refractivity contribution in [2.24, 2.45) is 0 Å². The molecule has 1 rings (SSSR count). The maximum atomic E-state index is 7.90. The van der Waals surface area contributed by atoms with Gasteiger partial charge in [0, 0.05) is 19.2 Å². The van der Waals surface area contributed by atoms with Crippen LogP contribution in [-0.4, -0.2) is 41.1 Å². The number of rotatable bonds is 4. The lowest BCUT2D eigenvalue weighted by Gasteiger charge is -2.20. The fourth-order valence-corrected chi connectivity index (χ4v) is 1.26. The number of hydrogen-bond acceptors (Lipinski definition) is 4. The van der Waals surface area contributed by atoms with E-state index in [1.165, 1.54) is 0 Å². The van der Waals surface area contributed by atoms with E-state index in [4.69, 9.17) is 10.1 Å². The first-order chi connectivity index (χ1) is 7.22. The molecule has 0 unspecified atom stereocenters. The van der Waals surface area contributed by atoms with Gasteiger partial charge in [-0.15, -0.1) is 10.2 Å². The Balaban J connectivity index is 2.82. The van der Waals surface area contributed by atoms with Gasteiger partial charge in [-0.2, -0.15) is 0 Å². The van der Waals surface area contributed by atoms with E-state index in [-0.39, 0.29) is 0 Å². The highest BCUT2D eigenvalue weighted by Crippen LogP contribution is 2.05. The van der Waals surface area contributed by atoms with Crippen molar-refractivity contribution in [2.45, 2.75) is 13.8 Å². The number of nitrogens with one attached hydrogen (secondary N) is 1. The molecule has 15 heavy (non-hydrogen) atoms. The highest BCUT2D eigenvalue weighted by molar-refractivity contribution is 5.94. The van der Waals surface area contributed by atoms with Gasteiger partial charge in [0.05, 0.1) is 7.11 Å². The lowest BCUT2D eigenvalue weighted by molar-refractivity contribution is 0.391. The molecular weight excluding hydrogens is 192 g/mol. The summed E-state index contributed by atoms with van der Waals surface area (Å²) in [5.41, 5.74) is 0.569. The fraction of sp³-hybridized carbons (Fsp3) is 0.500. The first-order valence-electron chi connectivity index (χ1n) is 4.94. The minimum absolute atomic E-state index is 0.398. The Labute approximate surface area is 89.6 Å². The van der Waals surface area contributed by atoms with Crippen molar-refractivity contribution >= 4 is 5.84 Å². The van der Waals surface area contributed by atoms with E-state index in [1.807, 2.05) is 18.7 Å². The molecule has 0 aliphatic heterocycles.